The Labute approximate surface area is 134 Å². The molecule has 1 aromatic carbocycles. The first-order valence-corrected chi connectivity index (χ1v) is 7.84. The van der Waals surface area contributed by atoms with Crippen molar-refractivity contribution in [3.8, 4) is 0 Å². The fraction of sp³-hybridized carbons (Fsp3) is 0.562. The van der Waals surface area contributed by atoms with Crippen LogP contribution in [0.25, 0.3) is 0 Å². The Morgan fingerprint density at radius 2 is 2.27 bits per heavy atom. The van der Waals surface area contributed by atoms with Crippen LogP contribution in [0.1, 0.15) is 31.7 Å². The van der Waals surface area contributed by atoms with Gasteiger partial charge in [-0.05, 0) is 31.5 Å². The summed E-state index contributed by atoms with van der Waals surface area (Å²) in [6.45, 7) is 2.99. The molecule has 4 nitrogen and oxygen atoms in total. The van der Waals surface area contributed by atoms with Crippen molar-refractivity contribution in [2.45, 2.75) is 38.8 Å². The van der Waals surface area contributed by atoms with Crippen LogP contribution in [-0.2, 0) is 11.3 Å². The first-order valence-electron chi connectivity index (χ1n) is 7.47. The summed E-state index contributed by atoms with van der Waals surface area (Å²) in [6, 6.07) is 4.50. The molecule has 0 amide bonds. The van der Waals surface area contributed by atoms with E-state index in [1.807, 2.05) is 11.8 Å². The molecular formula is C16H21ClFNO3. The van der Waals surface area contributed by atoms with Gasteiger partial charge in [-0.1, -0.05) is 31.0 Å². The number of likely N-dealkylation sites (tertiary alicyclic amines) is 1. The third-order valence-corrected chi connectivity index (χ3v) is 4.71. The first kappa shape index (κ1) is 17.2. The molecule has 0 unspecified atom stereocenters. The second-order valence-corrected chi connectivity index (χ2v) is 6.38. The van der Waals surface area contributed by atoms with Crippen molar-refractivity contribution in [1.82, 2.24) is 4.90 Å². The summed E-state index contributed by atoms with van der Waals surface area (Å²) in [4.78, 5) is 13.5. The molecule has 22 heavy (non-hydrogen) atoms. The van der Waals surface area contributed by atoms with Crippen LogP contribution < -0.4 is 0 Å². The molecule has 0 aliphatic carbocycles. The largest absolute Gasteiger partial charge is 0.481 e. The minimum atomic E-state index is -1.08. The van der Waals surface area contributed by atoms with E-state index in [-0.39, 0.29) is 12.4 Å². The van der Waals surface area contributed by atoms with Crippen molar-refractivity contribution in [3.05, 3.63) is 34.6 Å². The van der Waals surface area contributed by atoms with Gasteiger partial charge in [-0.25, -0.2) is 4.39 Å². The van der Waals surface area contributed by atoms with Gasteiger partial charge in [-0.15, -0.1) is 0 Å². The molecule has 2 atom stereocenters. The zero-order valence-electron chi connectivity index (χ0n) is 12.6. The van der Waals surface area contributed by atoms with E-state index in [2.05, 4.69) is 0 Å². The Bertz CT molecular complexity index is 554. The molecule has 0 spiro atoms. The topological polar surface area (TPSA) is 60.8 Å². The molecule has 2 rings (SSSR count). The highest BCUT2D eigenvalue weighted by Gasteiger charge is 2.47. The van der Waals surface area contributed by atoms with Gasteiger partial charge < -0.3 is 10.2 Å². The van der Waals surface area contributed by atoms with Crippen LogP contribution in [0.3, 0.4) is 0 Å². The summed E-state index contributed by atoms with van der Waals surface area (Å²) in [5, 5.41) is 20.2. The van der Waals surface area contributed by atoms with E-state index in [1.54, 1.807) is 12.1 Å². The Kier molecular flexibility index (Phi) is 5.42. The maximum Gasteiger partial charge on any atom is 0.312 e. The van der Waals surface area contributed by atoms with Gasteiger partial charge in [0.15, 0.2) is 0 Å². The van der Waals surface area contributed by atoms with Crippen molar-refractivity contribution in [2.24, 2.45) is 5.41 Å². The number of piperidine rings is 1. The Morgan fingerprint density at radius 1 is 1.55 bits per heavy atom. The van der Waals surface area contributed by atoms with E-state index in [4.69, 9.17) is 11.6 Å². The molecule has 122 valence electrons. The van der Waals surface area contributed by atoms with Gasteiger partial charge in [-0.2, -0.15) is 0 Å². The Hall–Kier alpha value is -1.17. The molecule has 1 heterocycles. The fourth-order valence-electron chi connectivity index (χ4n) is 3.16. The zero-order valence-corrected chi connectivity index (χ0v) is 13.3. The average Bonchev–Trinajstić information content (AvgIpc) is 2.45. The van der Waals surface area contributed by atoms with Crippen LogP contribution in [0, 0.1) is 11.2 Å². The van der Waals surface area contributed by atoms with Gasteiger partial charge in [0, 0.05) is 23.7 Å². The smallest absolute Gasteiger partial charge is 0.312 e. The van der Waals surface area contributed by atoms with Crippen molar-refractivity contribution in [1.29, 1.82) is 0 Å². The lowest BCUT2D eigenvalue weighted by molar-refractivity contribution is -0.164. The van der Waals surface area contributed by atoms with Crippen molar-refractivity contribution >= 4 is 17.6 Å². The lowest BCUT2D eigenvalue weighted by Gasteiger charge is -2.42. The number of nitrogens with zero attached hydrogens (tertiary/aromatic N) is 1. The minimum absolute atomic E-state index is 0.231. The zero-order chi connectivity index (χ0) is 16.3. The molecule has 0 saturated carbocycles. The lowest BCUT2D eigenvalue weighted by Crippen LogP contribution is -2.54. The second kappa shape index (κ2) is 6.94. The SMILES string of the molecule is CCC[C@]1(C(=O)O)CCN(Cc2ccc(Cl)cc2F)C[C@@H]1O. The van der Waals surface area contributed by atoms with Crippen LogP contribution >= 0.6 is 11.6 Å². The number of carboxylic acid groups (broad SMARTS) is 1. The van der Waals surface area contributed by atoms with Crippen LogP contribution in [-0.4, -0.2) is 40.3 Å². The van der Waals surface area contributed by atoms with Crippen LogP contribution in [0.2, 0.25) is 5.02 Å². The Morgan fingerprint density at radius 3 is 2.82 bits per heavy atom. The highest BCUT2D eigenvalue weighted by molar-refractivity contribution is 6.30. The number of aliphatic carboxylic acids is 1. The molecule has 1 aliphatic rings. The number of benzene rings is 1. The van der Waals surface area contributed by atoms with Gasteiger partial charge in [0.05, 0.1) is 11.5 Å². The monoisotopic (exact) mass is 329 g/mol. The predicted molar refractivity (Wildman–Crippen MR) is 82.3 cm³/mol. The first-order chi connectivity index (χ1) is 10.4. The van der Waals surface area contributed by atoms with Gasteiger partial charge in [0.1, 0.15) is 5.82 Å². The van der Waals surface area contributed by atoms with E-state index in [0.29, 0.717) is 42.9 Å². The standard InChI is InChI=1S/C16H21ClFNO3/c1-2-5-16(15(21)22)6-7-19(10-14(16)20)9-11-3-4-12(17)8-13(11)18/h3-4,8,14,20H,2,5-7,9-10H2,1H3,(H,21,22)/t14-,16-/m0/s1. The summed E-state index contributed by atoms with van der Waals surface area (Å²) in [5.74, 6) is -1.33. The summed E-state index contributed by atoms with van der Waals surface area (Å²) < 4.78 is 13.8. The molecule has 1 fully saturated rings. The van der Waals surface area contributed by atoms with E-state index in [9.17, 15) is 19.4 Å². The quantitative estimate of drug-likeness (QED) is 0.872. The summed E-state index contributed by atoms with van der Waals surface area (Å²) in [5.41, 5.74) is -0.584. The minimum Gasteiger partial charge on any atom is -0.481 e. The third kappa shape index (κ3) is 3.42. The summed E-state index contributed by atoms with van der Waals surface area (Å²) in [6.07, 6.45) is 0.572. The number of carbonyl (C=O) groups is 1. The molecule has 1 aliphatic heterocycles. The maximum absolute atomic E-state index is 13.8. The number of β-amino-alcohol motifs (C(OH)–C–C–N with tert-alkyl or cyclic N) is 1. The van der Waals surface area contributed by atoms with E-state index < -0.39 is 17.5 Å². The number of rotatable bonds is 5. The summed E-state index contributed by atoms with van der Waals surface area (Å²) >= 11 is 5.73. The van der Waals surface area contributed by atoms with Crippen molar-refractivity contribution in [2.75, 3.05) is 13.1 Å². The van der Waals surface area contributed by atoms with E-state index >= 15 is 0 Å². The number of aliphatic hydroxyl groups is 1. The van der Waals surface area contributed by atoms with Gasteiger partial charge in [0.2, 0.25) is 0 Å². The van der Waals surface area contributed by atoms with Crippen molar-refractivity contribution < 1.29 is 19.4 Å². The molecular weight excluding hydrogens is 309 g/mol. The van der Waals surface area contributed by atoms with Crippen LogP contribution in [0.5, 0.6) is 0 Å². The van der Waals surface area contributed by atoms with E-state index in [1.165, 1.54) is 6.07 Å². The number of aliphatic hydroxyl groups excluding tert-OH is 1. The molecule has 0 aromatic heterocycles. The maximum atomic E-state index is 13.8. The van der Waals surface area contributed by atoms with Gasteiger partial charge in [-0.3, -0.25) is 9.69 Å². The molecule has 0 radical (unpaired) electrons. The highest BCUT2D eigenvalue weighted by atomic mass is 35.5. The lowest BCUT2D eigenvalue weighted by atomic mass is 9.73. The Balaban J connectivity index is 2.07. The number of carboxylic acids is 1. The predicted octanol–water partition coefficient (Wildman–Crippen LogP) is 2.92. The average molecular weight is 330 g/mol. The molecule has 2 N–H and O–H groups in total. The van der Waals surface area contributed by atoms with E-state index in [0.717, 1.165) is 0 Å². The molecule has 1 saturated heterocycles. The van der Waals surface area contributed by atoms with Gasteiger partial charge in [0.25, 0.3) is 0 Å². The normalized spacial score (nSPS) is 26.1. The molecule has 0 bridgehead atoms. The number of halogens is 2. The van der Waals surface area contributed by atoms with Crippen LogP contribution in [0.15, 0.2) is 18.2 Å². The molecule has 1 aromatic rings. The summed E-state index contributed by atoms with van der Waals surface area (Å²) in [7, 11) is 0. The highest BCUT2D eigenvalue weighted by Crippen LogP contribution is 2.37. The van der Waals surface area contributed by atoms with Gasteiger partial charge >= 0.3 is 5.97 Å². The third-order valence-electron chi connectivity index (χ3n) is 4.47. The number of hydrogen-bond acceptors (Lipinski definition) is 3. The van der Waals surface area contributed by atoms with Crippen LogP contribution in [0.4, 0.5) is 4.39 Å². The fourth-order valence-corrected chi connectivity index (χ4v) is 3.32. The number of hydrogen-bond donors (Lipinski definition) is 2. The second-order valence-electron chi connectivity index (χ2n) is 5.95. The molecule has 6 heteroatoms. The van der Waals surface area contributed by atoms with Crippen molar-refractivity contribution in [3.63, 3.8) is 0 Å².